The van der Waals surface area contributed by atoms with Crippen molar-refractivity contribution in [2.75, 3.05) is 26.3 Å². The van der Waals surface area contributed by atoms with Crippen molar-refractivity contribution in [3.63, 3.8) is 0 Å². The molecule has 6 nitrogen and oxygen atoms in total. The van der Waals surface area contributed by atoms with Gasteiger partial charge in [-0.15, -0.1) is 0 Å². The number of hydrogen-bond acceptors (Lipinski definition) is 4. The predicted molar refractivity (Wildman–Crippen MR) is 126 cm³/mol. The van der Waals surface area contributed by atoms with Crippen LogP contribution in [-0.4, -0.2) is 54.3 Å². The summed E-state index contributed by atoms with van der Waals surface area (Å²) in [7, 11) is 0. The molecule has 2 heterocycles. The molecular weight excluding hydrogens is 428 g/mol. The molecule has 32 heavy (non-hydrogen) atoms. The van der Waals surface area contributed by atoms with Gasteiger partial charge in [0.05, 0.1) is 12.0 Å². The fourth-order valence-electron chi connectivity index (χ4n) is 4.91. The van der Waals surface area contributed by atoms with E-state index in [2.05, 4.69) is 31.3 Å². The lowest BCUT2D eigenvalue weighted by Gasteiger charge is -2.46. The van der Waals surface area contributed by atoms with Crippen molar-refractivity contribution in [1.82, 2.24) is 10.2 Å². The van der Waals surface area contributed by atoms with E-state index in [1.807, 2.05) is 37.8 Å². The van der Waals surface area contributed by atoms with Crippen LogP contribution in [0.3, 0.4) is 0 Å². The highest BCUT2D eigenvalue weighted by Crippen LogP contribution is 2.43. The van der Waals surface area contributed by atoms with Crippen LogP contribution >= 0.6 is 11.6 Å². The van der Waals surface area contributed by atoms with Gasteiger partial charge < -0.3 is 19.7 Å². The SMILES string of the molecule is CC(C)(C)OC(=O)NC1(CC(=O)N2CCC(c3ccc(Cl)cc3)C(C)(C)C2)CCOCC1. The van der Waals surface area contributed by atoms with E-state index >= 15 is 0 Å². The van der Waals surface area contributed by atoms with Gasteiger partial charge in [-0.25, -0.2) is 4.79 Å². The molecule has 0 aromatic heterocycles. The number of likely N-dealkylation sites (tertiary alicyclic amines) is 1. The van der Waals surface area contributed by atoms with Crippen molar-refractivity contribution in [2.24, 2.45) is 5.41 Å². The minimum absolute atomic E-state index is 0.0663. The third-order valence-electron chi connectivity index (χ3n) is 6.56. The lowest BCUT2D eigenvalue weighted by atomic mass is 9.70. The molecule has 7 heteroatoms. The molecule has 1 N–H and O–H groups in total. The van der Waals surface area contributed by atoms with Gasteiger partial charge in [-0.3, -0.25) is 4.79 Å². The van der Waals surface area contributed by atoms with Crippen LogP contribution in [0.25, 0.3) is 0 Å². The largest absolute Gasteiger partial charge is 0.444 e. The Morgan fingerprint density at radius 2 is 1.81 bits per heavy atom. The standard InChI is InChI=1S/C25H37ClN2O4/c1-23(2,3)32-22(30)27-25(11-14-31-15-12-25)16-21(29)28-13-10-20(24(4,5)17-28)18-6-8-19(26)9-7-18/h6-9,20H,10-17H2,1-5H3,(H,27,30). The first-order valence-electron chi connectivity index (χ1n) is 11.5. The van der Waals surface area contributed by atoms with Crippen LogP contribution in [0.1, 0.15) is 71.8 Å². The monoisotopic (exact) mass is 464 g/mol. The molecule has 0 bridgehead atoms. The number of piperidine rings is 1. The molecule has 1 unspecified atom stereocenters. The molecule has 2 aliphatic rings. The Morgan fingerprint density at radius 3 is 2.38 bits per heavy atom. The first kappa shape index (κ1) is 24.8. The Kier molecular flexibility index (Phi) is 7.45. The molecule has 0 saturated carbocycles. The first-order valence-corrected chi connectivity index (χ1v) is 11.9. The van der Waals surface area contributed by atoms with Gasteiger partial charge in [0.1, 0.15) is 5.60 Å². The van der Waals surface area contributed by atoms with Gasteiger partial charge in [0, 0.05) is 31.3 Å². The average molecular weight is 465 g/mol. The molecule has 2 aliphatic heterocycles. The summed E-state index contributed by atoms with van der Waals surface area (Å²) in [4.78, 5) is 27.9. The molecule has 1 aromatic rings. The third-order valence-corrected chi connectivity index (χ3v) is 6.81. The fraction of sp³-hybridized carbons (Fsp3) is 0.680. The fourth-order valence-corrected chi connectivity index (χ4v) is 5.04. The summed E-state index contributed by atoms with van der Waals surface area (Å²) in [6.07, 6.45) is 1.88. The summed E-state index contributed by atoms with van der Waals surface area (Å²) in [5.41, 5.74) is -0.0227. The third kappa shape index (κ3) is 6.38. The summed E-state index contributed by atoms with van der Waals surface area (Å²) in [5, 5.41) is 3.75. The Labute approximate surface area is 197 Å². The van der Waals surface area contributed by atoms with Crippen LogP contribution in [0.5, 0.6) is 0 Å². The van der Waals surface area contributed by atoms with Gasteiger partial charge in [-0.2, -0.15) is 0 Å². The van der Waals surface area contributed by atoms with E-state index in [1.54, 1.807) is 0 Å². The maximum Gasteiger partial charge on any atom is 0.408 e. The van der Waals surface area contributed by atoms with Crippen molar-refractivity contribution < 1.29 is 19.1 Å². The molecule has 1 atom stereocenters. The molecule has 178 valence electrons. The second-order valence-electron chi connectivity index (χ2n) is 10.9. The minimum Gasteiger partial charge on any atom is -0.444 e. The van der Waals surface area contributed by atoms with E-state index in [0.717, 1.165) is 11.4 Å². The number of halogens is 1. The van der Waals surface area contributed by atoms with Crippen LogP contribution < -0.4 is 5.32 Å². The van der Waals surface area contributed by atoms with Crippen LogP contribution in [0, 0.1) is 5.41 Å². The highest BCUT2D eigenvalue weighted by Gasteiger charge is 2.42. The molecule has 2 saturated heterocycles. The van der Waals surface area contributed by atoms with E-state index in [-0.39, 0.29) is 17.7 Å². The van der Waals surface area contributed by atoms with Gasteiger partial charge in [-0.1, -0.05) is 37.6 Å². The zero-order chi connectivity index (χ0) is 23.6. The molecule has 3 rings (SSSR count). The van der Waals surface area contributed by atoms with E-state index in [9.17, 15) is 9.59 Å². The lowest BCUT2D eigenvalue weighted by molar-refractivity contribution is -0.137. The van der Waals surface area contributed by atoms with Crippen LogP contribution in [-0.2, 0) is 14.3 Å². The molecule has 0 radical (unpaired) electrons. The molecule has 0 spiro atoms. The number of alkyl carbamates (subject to hydrolysis) is 1. The summed E-state index contributed by atoms with van der Waals surface area (Å²) >= 11 is 6.06. The number of carbonyl (C=O) groups is 2. The topological polar surface area (TPSA) is 67.9 Å². The van der Waals surface area contributed by atoms with Crippen molar-refractivity contribution in [2.45, 2.75) is 77.4 Å². The van der Waals surface area contributed by atoms with Gasteiger partial charge >= 0.3 is 6.09 Å². The van der Waals surface area contributed by atoms with E-state index in [1.165, 1.54) is 5.56 Å². The number of benzene rings is 1. The summed E-state index contributed by atoms with van der Waals surface area (Å²) < 4.78 is 11.0. The Bertz CT molecular complexity index is 810. The van der Waals surface area contributed by atoms with Crippen LogP contribution in [0.4, 0.5) is 4.79 Å². The van der Waals surface area contributed by atoms with Crippen LogP contribution in [0.15, 0.2) is 24.3 Å². The molecule has 0 aliphatic carbocycles. The number of nitrogens with one attached hydrogen (secondary N) is 1. The maximum atomic E-state index is 13.4. The highest BCUT2D eigenvalue weighted by molar-refractivity contribution is 6.30. The smallest absolute Gasteiger partial charge is 0.408 e. The van der Waals surface area contributed by atoms with E-state index < -0.39 is 17.2 Å². The number of hydrogen-bond donors (Lipinski definition) is 1. The number of rotatable bonds is 4. The van der Waals surface area contributed by atoms with Crippen molar-refractivity contribution in [3.8, 4) is 0 Å². The molecular formula is C25H37ClN2O4. The van der Waals surface area contributed by atoms with Crippen molar-refractivity contribution >= 4 is 23.6 Å². The van der Waals surface area contributed by atoms with Crippen molar-refractivity contribution in [1.29, 1.82) is 0 Å². The first-order chi connectivity index (χ1) is 14.9. The summed E-state index contributed by atoms with van der Waals surface area (Å²) in [5.74, 6) is 0.436. The summed E-state index contributed by atoms with van der Waals surface area (Å²) in [6.45, 7) is 12.4. The number of amides is 2. The maximum absolute atomic E-state index is 13.4. The lowest BCUT2D eigenvalue weighted by Crippen LogP contribution is -2.57. The predicted octanol–water partition coefficient (Wildman–Crippen LogP) is 5.15. The molecule has 2 fully saturated rings. The molecule has 2 amide bonds. The Hall–Kier alpha value is -1.79. The second-order valence-corrected chi connectivity index (χ2v) is 11.3. The van der Waals surface area contributed by atoms with Crippen molar-refractivity contribution in [3.05, 3.63) is 34.9 Å². The Balaban J connectivity index is 1.68. The minimum atomic E-state index is -0.630. The number of ether oxygens (including phenoxy) is 2. The second kappa shape index (κ2) is 9.60. The molecule has 1 aromatic carbocycles. The van der Waals surface area contributed by atoms with Gasteiger partial charge in [-0.05, 0) is 69.1 Å². The zero-order valence-electron chi connectivity index (χ0n) is 20.0. The van der Waals surface area contributed by atoms with Gasteiger partial charge in [0.25, 0.3) is 0 Å². The highest BCUT2D eigenvalue weighted by atomic mass is 35.5. The number of carbonyl (C=O) groups excluding carboxylic acids is 2. The normalized spacial score (nSPS) is 22.8. The average Bonchev–Trinajstić information content (AvgIpc) is 2.67. The van der Waals surface area contributed by atoms with E-state index in [4.69, 9.17) is 21.1 Å². The van der Waals surface area contributed by atoms with E-state index in [0.29, 0.717) is 45.1 Å². The van der Waals surface area contributed by atoms with Gasteiger partial charge in [0.15, 0.2) is 0 Å². The zero-order valence-corrected chi connectivity index (χ0v) is 20.8. The van der Waals surface area contributed by atoms with Crippen LogP contribution in [0.2, 0.25) is 5.02 Å². The number of nitrogens with zero attached hydrogens (tertiary/aromatic N) is 1. The summed E-state index contributed by atoms with van der Waals surface area (Å²) in [6, 6.07) is 8.05. The quantitative estimate of drug-likeness (QED) is 0.669. The van der Waals surface area contributed by atoms with Gasteiger partial charge in [0.2, 0.25) is 5.91 Å². The Morgan fingerprint density at radius 1 is 1.19 bits per heavy atom.